The molecular weight excluding hydrogens is 210 g/mol. The third-order valence-corrected chi connectivity index (χ3v) is 3.79. The van der Waals surface area contributed by atoms with Crippen LogP contribution in [-0.4, -0.2) is 23.6 Å². The molecule has 1 saturated carbocycles. The van der Waals surface area contributed by atoms with Crippen LogP contribution in [0.25, 0.3) is 0 Å². The lowest BCUT2D eigenvalue weighted by Gasteiger charge is -2.23. The van der Waals surface area contributed by atoms with E-state index in [1.54, 1.807) is 0 Å². The Kier molecular flexibility index (Phi) is 3.02. The number of nitrogens with one attached hydrogen (secondary N) is 1. The van der Waals surface area contributed by atoms with E-state index < -0.39 is 0 Å². The Labute approximate surface area is 103 Å². The molecule has 2 aliphatic rings. The Balaban J connectivity index is 1.68. The van der Waals surface area contributed by atoms with Crippen molar-refractivity contribution >= 4 is 5.82 Å². The van der Waals surface area contributed by atoms with Crippen molar-refractivity contribution in [3.63, 3.8) is 0 Å². The predicted octanol–water partition coefficient (Wildman–Crippen LogP) is 2.32. The average Bonchev–Trinajstić information content (AvgIpc) is 3.08. The van der Waals surface area contributed by atoms with E-state index in [1.165, 1.54) is 31.4 Å². The van der Waals surface area contributed by atoms with Gasteiger partial charge in [0.1, 0.15) is 5.82 Å². The van der Waals surface area contributed by atoms with Crippen molar-refractivity contribution in [3.8, 4) is 0 Å². The van der Waals surface area contributed by atoms with E-state index in [4.69, 9.17) is 4.98 Å². The molecule has 1 aliphatic heterocycles. The van der Waals surface area contributed by atoms with Crippen LogP contribution < -0.4 is 10.2 Å². The smallest absolute Gasteiger partial charge is 0.129 e. The van der Waals surface area contributed by atoms with Gasteiger partial charge in [-0.3, -0.25) is 0 Å². The number of hydrogen-bond acceptors (Lipinski definition) is 3. The van der Waals surface area contributed by atoms with Crippen LogP contribution in [0.4, 0.5) is 5.82 Å². The highest BCUT2D eigenvalue weighted by molar-refractivity contribution is 5.41. The van der Waals surface area contributed by atoms with Gasteiger partial charge in [-0.05, 0) is 44.7 Å². The second kappa shape index (κ2) is 4.65. The molecule has 0 amide bonds. The fourth-order valence-corrected chi connectivity index (χ4v) is 2.54. The summed E-state index contributed by atoms with van der Waals surface area (Å²) in [5, 5.41) is 3.52. The first-order chi connectivity index (χ1) is 8.33. The van der Waals surface area contributed by atoms with Gasteiger partial charge in [-0.15, -0.1) is 0 Å². The van der Waals surface area contributed by atoms with Gasteiger partial charge in [0.2, 0.25) is 0 Å². The van der Waals surface area contributed by atoms with Crippen molar-refractivity contribution in [1.29, 1.82) is 0 Å². The molecular formula is C14H21N3. The van der Waals surface area contributed by atoms with E-state index >= 15 is 0 Å². The second-order valence-electron chi connectivity index (χ2n) is 5.33. The Hall–Kier alpha value is -1.09. The first-order valence-electron chi connectivity index (χ1n) is 6.79. The molecule has 3 rings (SSSR count). The molecule has 1 atom stereocenters. The van der Waals surface area contributed by atoms with Crippen LogP contribution >= 0.6 is 0 Å². The molecule has 1 N–H and O–H groups in total. The van der Waals surface area contributed by atoms with Gasteiger partial charge >= 0.3 is 0 Å². The number of anilines is 1. The summed E-state index contributed by atoms with van der Waals surface area (Å²) in [6, 6.07) is 7.81. The summed E-state index contributed by atoms with van der Waals surface area (Å²) in [5.41, 5.74) is 1.17. The SMILES string of the molecule is CC1CCCN1c1cccc(CNC2CC2)n1. The number of nitrogens with zero attached hydrogens (tertiary/aromatic N) is 2. The summed E-state index contributed by atoms with van der Waals surface area (Å²) < 4.78 is 0. The standard InChI is InChI=1S/C14H21N3/c1-11-4-3-9-17(11)14-6-2-5-13(16-14)10-15-12-7-8-12/h2,5-6,11-12,15H,3-4,7-10H2,1H3. The van der Waals surface area contributed by atoms with Crippen molar-refractivity contribution in [3.05, 3.63) is 23.9 Å². The van der Waals surface area contributed by atoms with Gasteiger partial charge in [-0.25, -0.2) is 4.98 Å². The van der Waals surface area contributed by atoms with Crippen LogP contribution in [0, 0.1) is 0 Å². The molecule has 0 aromatic carbocycles. The average molecular weight is 231 g/mol. The normalized spacial score (nSPS) is 24.3. The Bertz CT molecular complexity index is 387. The van der Waals surface area contributed by atoms with Gasteiger partial charge in [0, 0.05) is 25.2 Å². The lowest BCUT2D eigenvalue weighted by atomic mass is 10.2. The summed E-state index contributed by atoms with van der Waals surface area (Å²) in [6.45, 7) is 4.37. The number of rotatable bonds is 4. The maximum Gasteiger partial charge on any atom is 0.129 e. The number of hydrogen-bond donors (Lipinski definition) is 1. The molecule has 1 aromatic rings. The predicted molar refractivity (Wildman–Crippen MR) is 70.1 cm³/mol. The molecule has 2 fully saturated rings. The fraction of sp³-hybridized carbons (Fsp3) is 0.643. The lowest BCUT2D eigenvalue weighted by Crippen LogP contribution is -2.27. The summed E-state index contributed by atoms with van der Waals surface area (Å²) >= 11 is 0. The molecule has 3 heteroatoms. The largest absolute Gasteiger partial charge is 0.354 e. The first kappa shape index (κ1) is 11.0. The number of pyridine rings is 1. The first-order valence-corrected chi connectivity index (χ1v) is 6.79. The van der Waals surface area contributed by atoms with Crippen molar-refractivity contribution in [2.75, 3.05) is 11.4 Å². The van der Waals surface area contributed by atoms with Crippen molar-refractivity contribution < 1.29 is 0 Å². The summed E-state index contributed by atoms with van der Waals surface area (Å²) in [4.78, 5) is 7.20. The molecule has 92 valence electrons. The quantitative estimate of drug-likeness (QED) is 0.862. The van der Waals surface area contributed by atoms with Gasteiger partial charge in [0.05, 0.1) is 5.69 Å². The Morgan fingerprint density at radius 3 is 2.94 bits per heavy atom. The van der Waals surface area contributed by atoms with Crippen molar-refractivity contribution in [2.45, 2.75) is 51.2 Å². The fourth-order valence-electron chi connectivity index (χ4n) is 2.54. The molecule has 0 spiro atoms. The van der Waals surface area contributed by atoms with E-state index in [9.17, 15) is 0 Å². The van der Waals surface area contributed by atoms with Gasteiger partial charge < -0.3 is 10.2 Å². The van der Waals surface area contributed by atoms with E-state index in [2.05, 4.69) is 35.3 Å². The van der Waals surface area contributed by atoms with E-state index in [0.29, 0.717) is 6.04 Å². The Morgan fingerprint density at radius 2 is 2.24 bits per heavy atom. The summed E-state index contributed by atoms with van der Waals surface area (Å²) in [7, 11) is 0. The van der Waals surface area contributed by atoms with Crippen molar-refractivity contribution in [2.24, 2.45) is 0 Å². The van der Waals surface area contributed by atoms with Gasteiger partial charge in [0.15, 0.2) is 0 Å². The minimum absolute atomic E-state index is 0.647. The third kappa shape index (κ3) is 2.60. The highest BCUT2D eigenvalue weighted by Gasteiger charge is 2.22. The Morgan fingerprint density at radius 1 is 1.35 bits per heavy atom. The van der Waals surface area contributed by atoms with Crippen LogP contribution in [0.3, 0.4) is 0 Å². The summed E-state index contributed by atoms with van der Waals surface area (Å²) in [6.07, 6.45) is 5.27. The van der Waals surface area contributed by atoms with Gasteiger partial charge in [-0.1, -0.05) is 6.07 Å². The zero-order valence-electron chi connectivity index (χ0n) is 10.5. The third-order valence-electron chi connectivity index (χ3n) is 3.79. The maximum absolute atomic E-state index is 4.77. The van der Waals surface area contributed by atoms with Crippen LogP contribution in [0.1, 0.15) is 38.3 Å². The topological polar surface area (TPSA) is 28.2 Å². The van der Waals surface area contributed by atoms with Gasteiger partial charge in [0.25, 0.3) is 0 Å². The molecule has 1 unspecified atom stereocenters. The second-order valence-corrected chi connectivity index (χ2v) is 5.33. The maximum atomic E-state index is 4.77. The van der Waals surface area contributed by atoms with Crippen LogP contribution in [0.5, 0.6) is 0 Å². The van der Waals surface area contributed by atoms with Gasteiger partial charge in [-0.2, -0.15) is 0 Å². The number of aromatic nitrogens is 1. The van der Waals surface area contributed by atoms with Crippen LogP contribution in [0.2, 0.25) is 0 Å². The highest BCUT2D eigenvalue weighted by Crippen LogP contribution is 2.24. The molecule has 2 heterocycles. The summed E-state index contributed by atoms with van der Waals surface area (Å²) in [5.74, 6) is 1.16. The molecule has 1 aromatic heterocycles. The molecule has 0 radical (unpaired) electrons. The monoisotopic (exact) mass is 231 g/mol. The van der Waals surface area contributed by atoms with E-state index in [0.717, 1.165) is 24.9 Å². The molecule has 17 heavy (non-hydrogen) atoms. The molecule has 1 saturated heterocycles. The lowest BCUT2D eigenvalue weighted by molar-refractivity contribution is 0.669. The van der Waals surface area contributed by atoms with E-state index in [1.807, 2.05) is 0 Å². The zero-order chi connectivity index (χ0) is 11.7. The molecule has 3 nitrogen and oxygen atoms in total. The zero-order valence-corrected chi connectivity index (χ0v) is 10.5. The minimum Gasteiger partial charge on any atom is -0.354 e. The highest BCUT2D eigenvalue weighted by atomic mass is 15.2. The molecule has 0 bridgehead atoms. The van der Waals surface area contributed by atoms with Crippen LogP contribution in [0.15, 0.2) is 18.2 Å². The minimum atomic E-state index is 0.647. The van der Waals surface area contributed by atoms with Crippen LogP contribution in [-0.2, 0) is 6.54 Å². The van der Waals surface area contributed by atoms with E-state index in [-0.39, 0.29) is 0 Å². The molecule has 1 aliphatic carbocycles. The van der Waals surface area contributed by atoms with Crippen molar-refractivity contribution in [1.82, 2.24) is 10.3 Å².